The minimum Gasteiger partial charge on any atom is -0.468 e. The van der Waals surface area contributed by atoms with Gasteiger partial charge < -0.3 is 15.4 Å². The molecule has 2 aromatic heterocycles. The predicted molar refractivity (Wildman–Crippen MR) is 92.9 cm³/mol. The van der Waals surface area contributed by atoms with Crippen LogP contribution in [0.5, 0.6) is 5.19 Å². The average molecular weight is 402 g/mol. The number of carbonyl (C=O) groups excluding carboxylic acids is 1. The summed E-state index contributed by atoms with van der Waals surface area (Å²) < 4.78 is 43.2. The van der Waals surface area contributed by atoms with Gasteiger partial charge in [-0.1, -0.05) is 11.3 Å². The molecule has 1 saturated heterocycles. The summed E-state index contributed by atoms with van der Waals surface area (Å²) >= 11 is 1.23. The smallest absolute Gasteiger partial charge is 0.419 e. The van der Waals surface area contributed by atoms with Crippen molar-refractivity contribution < 1.29 is 22.7 Å². The molecule has 146 valence electrons. The second kappa shape index (κ2) is 7.64. The lowest BCUT2D eigenvalue weighted by molar-refractivity contribution is -0.138. The van der Waals surface area contributed by atoms with Gasteiger partial charge in [-0.15, -0.1) is 0 Å². The third-order valence-electron chi connectivity index (χ3n) is 3.68. The minimum absolute atomic E-state index is 0.0424. The Morgan fingerprint density at radius 1 is 1.26 bits per heavy atom. The van der Waals surface area contributed by atoms with Gasteiger partial charge in [-0.3, -0.25) is 9.69 Å². The van der Waals surface area contributed by atoms with Gasteiger partial charge in [-0.05, 0) is 6.92 Å². The van der Waals surface area contributed by atoms with Crippen LogP contribution < -0.4 is 20.3 Å². The fourth-order valence-electron chi connectivity index (χ4n) is 2.35. The number of anilines is 2. The van der Waals surface area contributed by atoms with Gasteiger partial charge in [0, 0.05) is 31.5 Å². The van der Waals surface area contributed by atoms with Gasteiger partial charge in [0.15, 0.2) is 0 Å². The van der Waals surface area contributed by atoms with Crippen molar-refractivity contribution in [2.45, 2.75) is 19.1 Å². The molecule has 0 bridgehead atoms. The molecule has 1 atom stereocenters. The van der Waals surface area contributed by atoms with E-state index in [0.29, 0.717) is 42.3 Å². The SMILES string of the molecule is C[C@H](N)COc1ncc(N2CCN(c3ncc(C(F)(F)F)cn3)CC2=O)s1. The summed E-state index contributed by atoms with van der Waals surface area (Å²) in [5, 5.41) is 1.05. The van der Waals surface area contributed by atoms with Crippen LogP contribution in [0, 0.1) is 0 Å². The molecule has 0 radical (unpaired) electrons. The molecule has 0 unspecified atom stereocenters. The molecule has 0 saturated carbocycles. The van der Waals surface area contributed by atoms with Crippen LogP contribution in [0.4, 0.5) is 24.1 Å². The van der Waals surface area contributed by atoms with Crippen molar-refractivity contribution in [2.75, 3.05) is 36.0 Å². The van der Waals surface area contributed by atoms with Gasteiger partial charge in [0.25, 0.3) is 5.19 Å². The van der Waals surface area contributed by atoms with E-state index in [2.05, 4.69) is 15.0 Å². The van der Waals surface area contributed by atoms with E-state index in [4.69, 9.17) is 10.5 Å². The average Bonchev–Trinajstić information content (AvgIpc) is 3.08. The molecule has 3 heterocycles. The first-order valence-electron chi connectivity index (χ1n) is 8.03. The van der Waals surface area contributed by atoms with Crippen molar-refractivity contribution in [3.8, 4) is 5.19 Å². The molecule has 0 spiro atoms. The molecular weight excluding hydrogens is 385 g/mol. The molecule has 8 nitrogen and oxygen atoms in total. The Bertz CT molecular complexity index is 796. The third kappa shape index (κ3) is 4.63. The van der Waals surface area contributed by atoms with Gasteiger partial charge in [0.1, 0.15) is 18.2 Å². The van der Waals surface area contributed by atoms with Crippen LogP contribution in [0.1, 0.15) is 12.5 Å². The number of alkyl halides is 3. The number of piperazine rings is 1. The number of rotatable bonds is 5. The Balaban J connectivity index is 1.63. The van der Waals surface area contributed by atoms with Crippen LogP contribution in [0.2, 0.25) is 0 Å². The second-order valence-electron chi connectivity index (χ2n) is 5.99. The molecule has 1 amide bonds. The topological polar surface area (TPSA) is 97.5 Å². The van der Waals surface area contributed by atoms with E-state index < -0.39 is 11.7 Å². The van der Waals surface area contributed by atoms with Crippen molar-refractivity contribution in [3.05, 3.63) is 24.2 Å². The first kappa shape index (κ1) is 19.3. The van der Waals surface area contributed by atoms with Gasteiger partial charge in [-0.2, -0.15) is 13.2 Å². The maximum Gasteiger partial charge on any atom is 0.419 e. The Morgan fingerprint density at radius 3 is 2.56 bits per heavy atom. The van der Waals surface area contributed by atoms with Crippen molar-refractivity contribution in [1.29, 1.82) is 0 Å². The summed E-state index contributed by atoms with van der Waals surface area (Å²) in [5.41, 5.74) is 4.69. The minimum atomic E-state index is -4.50. The van der Waals surface area contributed by atoms with Crippen LogP contribution in [0.15, 0.2) is 18.6 Å². The molecule has 2 N–H and O–H groups in total. The summed E-state index contributed by atoms with van der Waals surface area (Å²) in [6.07, 6.45) is -1.53. The molecule has 0 aliphatic carbocycles. The normalized spacial score (nSPS) is 16.6. The summed E-state index contributed by atoms with van der Waals surface area (Å²) in [5.74, 6) is -0.145. The predicted octanol–water partition coefficient (Wildman–Crippen LogP) is 1.53. The van der Waals surface area contributed by atoms with E-state index in [0.717, 1.165) is 0 Å². The van der Waals surface area contributed by atoms with Crippen LogP contribution >= 0.6 is 11.3 Å². The molecule has 3 rings (SSSR count). The number of thiazole rings is 1. The summed E-state index contributed by atoms with van der Waals surface area (Å²) in [6, 6.07) is -0.133. The number of halogens is 3. The van der Waals surface area contributed by atoms with Gasteiger partial charge in [0.05, 0.1) is 11.8 Å². The molecule has 1 fully saturated rings. The summed E-state index contributed by atoms with van der Waals surface area (Å²) in [7, 11) is 0. The zero-order valence-corrected chi connectivity index (χ0v) is 15.1. The fourth-order valence-corrected chi connectivity index (χ4v) is 3.17. The van der Waals surface area contributed by atoms with Gasteiger partial charge in [-0.25, -0.2) is 15.0 Å². The third-order valence-corrected chi connectivity index (χ3v) is 4.61. The molecule has 2 aromatic rings. The number of carbonyl (C=O) groups is 1. The van der Waals surface area contributed by atoms with E-state index in [1.165, 1.54) is 16.2 Å². The summed E-state index contributed by atoms with van der Waals surface area (Å²) in [4.78, 5) is 27.1. The number of ether oxygens (including phenoxy) is 1. The monoisotopic (exact) mass is 402 g/mol. The zero-order chi connectivity index (χ0) is 19.6. The van der Waals surface area contributed by atoms with Crippen molar-refractivity contribution >= 4 is 28.2 Å². The van der Waals surface area contributed by atoms with Crippen LogP contribution in [-0.2, 0) is 11.0 Å². The lowest BCUT2D eigenvalue weighted by Gasteiger charge is -2.33. The lowest BCUT2D eigenvalue weighted by Crippen LogP contribution is -2.51. The van der Waals surface area contributed by atoms with Crippen molar-refractivity contribution in [3.63, 3.8) is 0 Å². The molecule has 1 aliphatic rings. The maximum absolute atomic E-state index is 12.6. The van der Waals surface area contributed by atoms with Crippen molar-refractivity contribution in [1.82, 2.24) is 15.0 Å². The largest absolute Gasteiger partial charge is 0.468 e. The maximum atomic E-state index is 12.6. The highest BCUT2D eigenvalue weighted by Gasteiger charge is 2.32. The van der Waals surface area contributed by atoms with E-state index in [1.54, 1.807) is 18.0 Å². The Kier molecular flexibility index (Phi) is 5.46. The first-order valence-corrected chi connectivity index (χ1v) is 8.84. The number of amides is 1. The Hall–Kier alpha value is -2.47. The van der Waals surface area contributed by atoms with E-state index >= 15 is 0 Å². The number of nitrogens with zero attached hydrogens (tertiary/aromatic N) is 5. The van der Waals surface area contributed by atoms with E-state index in [1.807, 2.05) is 0 Å². The zero-order valence-electron chi connectivity index (χ0n) is 14.3. The van der Waals surface area contributed by atoms with Crippen LogP contribution in [-0.4, -0.2) is 53.1 Å². The second-order valence-corrected chi connectivity index (χ2v) is 6.96. The highest BCUT2D eigenvalue weighted by Crippen LogP contribution is 2.31. The number of hydrogen-bond acceptors (Lipinski definition) is 8. The lowest BCUT2D eigenvalue weighted by atomic mass is 10.3. The number of hydrogen-bond donors (Lipinski definition) is 1. The van der Waals surface area contributed by atoms with Crippen LogP contribution in [0.25, 0.3) is 0 Å². The van der Waals surface area contributed by atoms with E-state index in [-0.39, 0.29) is 24.4 Å². The molecule has 12 heteroatoms. The Morgan fingerprint density at radius 2 is 1.96 bits per heavy atom. The van der Waals surface area contributed by atoms with Crippen molar-refractivity contribution in [2.24, 2.45) is 5.73 Å². The molecular formula is C15H17F3N6O2S. The first-order chi connectivity index (χ1) is 12.7. The molecule has 1 aliphatic heterocycles. The standard InChI is InChI=1S/C15H17F3N6O2S/c1-9(19)8-26-14-22-6-12(27-14)24-3-2-23(7-11(24)25)13-20-4-10(5-21-13)15(16,17)18/h4-6,9H,2-3,7-8,19H2,1H3/t9-/m0/s1. The number of aromatic nitrogens is 3. The quantitative estimate of drug-likeness (QED) is 0.810. The Labute approximate surface area is 156 Å². The summed E-state index contributed by atoms with van der Waals surface area (Å²) in [6.45, 7) is 2.79. The fraction of sp³-hybridized carbons (Fsp3) is 0.467. The molecule has 27 heavy (non-hydrogen) atoms. The van der Waals surface area contributed by atoms with Gasteiger partial charge in [0.2, 0.25) is 11.9 Å². The number of nitrogens with two attached hydrogens (primary N) is 1. The van der Waals surface area contributed by atoms with Gasteiger partial charge >= 0.3 is 6.18 Å². The van der Waals surface area contributed by atoms with E-state index in [9.17, 15) is 18.0 Å². The van der Waals surface area contributed by atoms with Crippen LogP contribution in [0.3, 0.4) is 0 Å². The molecule has 0 aromatic carbocycles. The highest BCUT2D eigenvalue weighted by molar-refractivity contribution is 7.17. The highest BCUT2D eigenvalue weighted by atomic mass is 32.1.